The lowest BCUT2D eigenvalue weighted by atomic mass is 9.91. The number of aryl methyl sites for hydroxylation is 1. The zero-order valence-corrected chi connectivity index (χ0v) is 18.5. The Morgan fingerprint density at radius 3 is 2.27 bits per heavy atom. The van der Waals surface area contributed by atoms with E-state index in [-0.39, 0.29) is 10.8 Å². The van der Waals surface area contributed by atoms with Crippen LogP contribution in [0.25, 0.3) is 0 Å². The van der Waals surface area contributed by atoms with Gasteiger partial charge in [-0.1, -0.05) is 12.1 Å². The summed E-state index contributed by atoms with van der Waals surface area (Å²) >= 11 is 0. The fraction of sp³-hybridized carbons (Fsp3) is 0.435. The Labute approximate surface area is 179 Å². The number of rotatable bonds is 8. The first-order valence-corrected chi connectivity index (χ1v) is 11.9. The molecule has 162 valence electrons. The molecule has 0 aromatic heterocycles. The third kappa shape index (κ3) is 5.40. The van der Waals surface area contributed by atoms with Gasteiger partial charge in [0.15, 0.2) is 0 Å². The minimum absolute atomic E-state index is 0.229. The highest BCUT2D eigenvalue weighted by atomic mass is 32.2. The highest BCUT2D eigenvalue weighted by molar-refractivity contribution is 7.89. The fourth-order valence-corrected chi connectivity index (χ4v) is 5.27. The van der Waals surface area contributed by atoms with Crippen molar-refractivity contribution in [3.8, 4) is 5.75 Å². The Hall–Kier alpha value is -2.38. The second kappa shape index (κ2) is 10.1. The summed E-state index contributed by atoms with van der Waals surface area (Å²) in [6.45, 7) is 3.71. The molecular weight excluding hydrogens is 400 g/mol. The number of carbonyl (C=O) groups excluding carboxylic acids is 1. The van der Waals surface area contributed by atoms with Gasteiger partial charge in [0, 0.05) is 25.7 Å². The van der Waals surface area contributed by atoms with E-state index in [1.807, 2.05) is 19.1 Å². The lowest BCUT2D eigenvalue weighted by Crippen LogP contribution is -2.38. The third-order valence-electron chi connectivity index (χ3n) is 5.63. The van der Waals surface area contributed by atoms with Crippen LogP contribution in [-0.2, 0) is 16.4 Å². The topological polar surface area (TPSA) is 75.7 Å². The van der Waals surface area contributed by atoms with Crippen LogP contribution in [0.2, 0.25) is 0 Å². The normalized spacial score (nSPS) is 15.7. The van der Waals surface area contributed by atoms with Crippen molar-refractivity contribution in [2.75, 3.05) is 26.7 Å². The molecule has 0 unspecified atom stereocenters. The maximum atomic E-state index is 12.9. The molecule has 0 aliphatic carbocycles. The van der Waals surface area contributed by atoms with E-state index >= 15 is 0 Å². The van der Waals surface area contributed by atoms with Crippen LogP contribution < -0.4 is 10.1 Å². The maximum Gasteiger partial charge on any atom is 0.251 e. The van der Waals surface area contributed by atoms with Crippen molar-refractivity contribution >= 4 is 15.9 Å². The quantitative estimate of drug-likeness (QED) is 0.696. The minimum atomic E-state index is -3.52. The second-order valence-electron chi connectivity index (χ2n) is 7.57. The molecule has 7 heteroatoms. The summed E-state index contributed by atoms with van der Waals surface area (Å²) < 4.78 is 32.9. The van der Waals surface area contributed by atoms with Gasteiger partial charge in [-0.25, -0.2) is 8.42 Å². The molecule has 1 fully saturated rings. The van der Waals surface area contributed by atoms with Gasteiger partial charge >= 0.3 is 0 Å². The standard InChI is InChI=1S/C23H30N2O4S/c1-3-29-21-10-6-18(7-11-21)4-5-19-14-16-25(17-15-19)30(27,28)22-12-8-20(9-13-22)23(26)24-2/h6-13,19H,3-5,14-17H2,1-2H3,(H,24,26). The number of benzene rings is 2. The molecule has 1 aliphatic heterocycles. The molecule has 30 heavy (non-hydrogen) atoms. The minimum Gasteiger partial charge on any atom is -0.494 e. The molecular formula is C23H30N2O4S. The van der Waals surface area contributed by atoms with Crippen LogP contribution in [0, 0.1) is 5.92 Å². The molecule has 0 spiro atoms. The van der Waals surface area contributed by atoms with Crippen LogP contribution >= 0.6 is 0 Å². The first-order chi connectivity index (χ1) is 14.4. The van der Waals surface area contributed by atoms with Crippen LogP contribution in [0.1, 0.15) is 42.1 Å². The number of amides is 1. The third-order valence-corrected chi connectivity index (χ3v) is 7.54. The van der Waals surface area contributed by atoms with Gasteiger partial charge in [-0.05, 0) is 80.5 Å². The van der Waals surface area contributed by atoms with E-state index in [1.54, 1.807) is 23.5 Å². The molecule has 1 heterocycles. The number of piperidine rings is 1. The summed E-state index contributed by atoms with van der Waals surface area (Å²) in [6.07, 6.45) is 3.78. The Morgan fingerprint density at radius 2 is 1.70 bits per heavy atom. The zero-order valence-electron chi connectivity index (χ0n) is 17.6. The Kier molecular flexibility index (Phi) is 7.50. The predicted octanol–water partition coefficient (Wildman–Crippen LogP) is 3.48. The van der Waals surface area contributed by atoms with Gasteiger partial charge in [0.05, 0.1) is 11.5 Å². The zero-order chi connectivity index (χ0) is 21.6. The number of hydrogen-bond acceptors (Lipinski definition) is 4. The smallest absolute Gasteiger partial charge is 0.251 e. The summed E-state index contributed by atoms with van der Waals surface area (Å²) in [5.41, 5.74) is 1.73. The molecule has 1 N–H and O–H groups in total. The summed E-state index contributed by atoms with van der Waals surface area (Å²) in [6, 6.07) is 14.3. The van der Waals surface area contributed by atoms with E-state index in [2.05, 4.69) is 17.4 Å². The average Bonchev–Trinajstić information content (AvgIpc) is 2.78. The molecule has 0 saturated carbocycles. The molecule has 1 saturated heterocycles. The first kappa shape index (κ1) is 22.3. The molecule has 0 atom stereocenters. The second-order valence-corrected chi connectivity index (χ2v) is 9.50. The van der Waals surface area contributed by atoms with Gasteiger partial charge in [0.2, 0.25) is 10.0 Å². The number of carbonyl (C=O) groups is 1. The van der Waals surface area contributed by atoms with Crippen molar-refractivity contribution in [1.82, 2.24) is 9.62 Å². The van der Waals surface area contributed by atoms with Gasteiger partial charge in [-0.15, -0.1) is 0 Å². The van der Waals surface area contributed by atoms with E-state index in [0.29, 0.717) is 31.2 Å². The van der Waals surface area contributed by atoms with E-state index in [0.717, 1.165) is 31.4 Å². The molecule has 3 rings (SSSR count). The van der Waals surface area contributed by atoms with Gasteiger partial charge in [-0.3, -0.25) is 4.79 Å². The van der Waals surface area contributed by atoms with Crippen molar-refractivity contribution in [2.45, 2.75) is 37.5 Å². The molecule has 2 aromatic rings. The number of ether oxygens (including phenoxy) is 1. The lowest BCUT2D eigenvalue weighted by Gasteiger charge is -2.31. The highest BCUT2D eigenvalue weighted by Gasteiger charge is 2.29. The SMILES string of the molecule is CCOc1ccc(CCC2CCN(S(=O)(=O)c3ccc(C(=O)NC)cc3)CC2)cc1. The largest absolute Gasteiger partial charge is 0.494 e. The Morgan fingerprint density at radius 1 is 1.07 bits per heavy atom. The Bertz CT molecular complexity index is 932. The molecule has 2 aromatic carbocycles. The van der Waals surface area contributed by atoms with Gasteiger partial charge in [0.1, 0.15) is 5.75 Å². The number of sulfonamides is 1. The van der Waals surface area contributed by atoms with Gasteiger partial charge in [-0.2, -0.15) is 4.31 Å². The molecule has 1 aliphatic rings. The van der Waals surface area contributed by atoms with Crippen LogP contribution in [0.4, 0.5) is 0 Å². The van der Waals surface area contributed by atoms with Crippen LogP contribution in [0.15, 0.2) is 53.4 Å². The van der Waals surface area contributed by atoms with E-state index < -0.39 is 10.0 Å². The summed E-state index contributed by atoms with van der Waals surface area (Å²) in [5.74, 6) is 1.19. The van der Waals surface area contributed by atoms with E-state index in [4.69, 9.17) is 4.74 Å². The van der Waals surface area contributed by atoms with Gasteiger partial charge in [0.25, 0.3) is 5.91 Å². The number of nitrogens with one attached hydrogen (secondary N) is 1. The first-order valence-electron chi connectivity index (χ1n) is 10.5. The average molecular weight is 431 g/mol. The maximum absolute atomic E-state index is 12.9. The van der Waals surface area contributed by atoms with E-state index in [9.17, 15) is 13.2 Å². The van der Waals surface area contributed by atoms with Crippen LogP contribution in [0.3, 0.4) is 0 Å². The molecule has 0 bridgehead atoms. The van der Waals surface area contributed by atoms with Crippen molar-refractivity contribution < 1.29 is 17.9 Å². The number of hydrogen-bond donors (Lipinski definition) is 1. The Balaban J connectivity index is 1.52. The summed E-state index contributed by atoms with van der Waals surface area (Å²) in [7, 11) is -1.98. The van der Waals surface area contributed by atoms with Gasteiger partial charge < -0.3 is 10.1 Å². The predicted molar refractivity (Wildman–Crippen MR) is 117 cm³/mol. The van der Waals surface area contributed by atoms with Crippen molar-refractivity contribution in [2.24, 2.45) is 5.92 Å². The highest BCUT2D eigenvalue weighted by Crippen LogP contribution is 2.27. The molecule has 1 amide bonds. The van der Waals surface area contributed by atoms with E-state index in [1.165, 1.54) is 17.7 Å². The number of nitrogens with zero attached hydrogens (tertiary/aromatic N) is 1. The fourth-order valence-electron chi connectivity index (χ4n) is 3.80. The van der Waals surface area contributed by atoms with Crippen molar-refractivity contribution in [3.05, 3.63) is 59.7 Å². The van der Waals surface area contributed by atoms with Crippen LogP contribution in [-0.4, -0.2) is 45.4 Å². The lowest BCUT2D eigenvalue weighted by molar-refractivity contribution is 0.0963. The van der Waals surface area contributed by atoms with Crippen molar-refractivity contribution in [3.63, 3.8) is 0 Å². The summed E-state index contributed by atoms with van der Waals surface area (Å²) in [5, 5.41) is 2.53. The van der Waals surface area contributed by atoms with Crippen LogP contribution in [0.5, 0.6) is 5.75 Å². The van der Waals surface area contributed by atoms with Crippen molar-refractivity contribution in [1.29, 1.82) is 0 Å². The summed E-state index contributed by atoms with van der Waals surface area (Å²) in [4.78, 5) is 11.9. The monoisotopic (exact) mass is 430 g/mol. The molecule has 6 nitrogen and oxygen atoms in total. The molecule has 0 radical (unpaired) electrons.